The number of carbonyl (C=O) groups is 1. The van der Waals surface area contributed by atoms with E-state index in [0.717, 1.165) is 24.3 Å². The zero-order valence-electron chi connectivity index (χ0n) is 7.86. The van der Waals surface area contributed by atoms with Gasteiger partial charge in [-0.3, -0.25) is 0 Å². The number of ether oxygens (including phenoxy) is 1. The van der Waals surface area contributed by atoms with Gasteiger partial charge in [-0.25, -0.2) is 9.18 Å². The second-order valence-corrected chi connectivity index (χ2v) is 2.73. The molecule has 3 nitrogen and oxygen atoms in total. The minimum atomic E-state index is -3.05. The number of aliphatic carboxylic acids is 1. The summed E-state index contributed by atoms with van der Waals surface area (Å²) in [7, 11) is 0. The lowest BCUT2D eigenvalue weighted by atomic mass is 10.2. The molecule has 0 aliphatic rings. The van der Waals surface area contributed by atoms with Gasteiger partial charge in [-0.05, 0) is 24.3 Å². The molecule has 0 spiro atoms. The molecule has 6 heteroatoms. The van der Waals surface area contributed by atoms with Crippen molar-refractivity contribution in [1.29, 1.82) is 0 Å². The third-order valence-corrected chi connectivity index (χ3v) is 1.59. The number of benzene rings is 1. The molecule has 0 amide bonds. The average Bonchev–Trinajstić information content (AvgIpc) is 2.17. The summed E-state index contributed by atoms with van der Waals surface area (Å²) in [5.41, 5.74) is -0.0669. The molecule has 86 valence electrons. The number of hydrogen-bond donors (Lipinski definition) is 1. The van der Waals surface area contributed by atoms with Crippen LogP contribution in [-0.2, 0) is 4.79 Å². The van der Waals surface area contributed by atoms with Crippen LogP contribution in [0.4, 0.5) is 13.2 Å². The van der Waals surface area contributed by atoms with Crippen LogP contribution in [0.25, 0.3) is 6.08 Å². The third kappa shape index (κ3) is 3.64. The van der Waals surface area contributed by atoms with Gasteiger partial charge < -0.3 is 9.84 Å². The number of hydrogen-bond acceptors (Lipinski definition) is 2. The van der Waals surface area contributed by atoms with Crippen molar-refractivity contribution < 1.29 is 27.8 Å². The maximum absolute atomic E-state index is 12.8. The van der Waals surface area contributed by atoms with Gasteiger partial charge in [-0.15, -0.1) is 0 Å². The van der Waals surface area contributed by atoms with E-state index in [9.17, 15) is 18.0 Å². The van der Waals surface area contributed by atoms with Crippen molar-refractivity contribution in [2.45, 2.75) is 6.61 Å². The van der Waals surface area contributed by atoms with Crippen LogP contribution in [0.5, 0.6) is 5.75 Å². The largest absolute Gasteiger partial charge is 0.478 e. The van der Waals surface area contributed by atoms with Gasteiger partial charge in [-0.1, -0.05) is 0 Å². The van der Waals surface area contributed by atoms with E-state index in [2.05, 4.69) is 4.74 Å². The molecule has 0 aliphatic heterocycles. The first kappa shape index (κ1) is 12.1. The highest BCUT2D eigenvalue weighted by Crippen LogP contribution is 2.22. The van der Waals surface area contributed by atoms with Crippen molar-refractivity contribution in [3.8, 4) is 5.75 Å². The molecular weight excluding hydrogens is 225 g/mol. The van der Waals surface area contributed by atoms with Crippen LogP contribution in [0.1, 0.15) is 5.56 Å². The minimum absolute atomic E-state index is 0.0669. The van der Waals surface area contributed by atoms with Gasteiger partial charge in [0.1, 0.15) is 11.6 Å². The Labute approximate surface area is 88.8 Å². The molecule has 0 aromatic heterocycles. The predicted octanol–water partition coefficient (Wildman–Crippen LogP) is 2.52. The van der Waals surface area contributed by atoms with E-state index in [1.54, 1.807) is 0 Å². The number of halogens is 3. The molecule has 0 heterocycles. The number of carboxylic acids is 1. The lowest BCUT2D eigenvalue weighted by Gasteiger charge is -2.07. The standard InChI is InChI=1S/C10H7F3O3/c11-7-2-3-8(16-10(12)13)6(5-7)1-4-9(14)15/h1-5,10H,(H,14,15)/b4-1+. The third-order valence-electron chi connectivity index (χ3n) is 1.59. The van der Waals surface area contributed by atoms with E-state index in [-0.39, 0.29) is 11.3 Å². The molecule has 1 aromatic carbocycles. The van der Waals surface area contributed by atoms with Gasteiger partial charge >= 0.3 is 12.6 Å². The van der Waals surface area contributed by atoms with Gasteiger partial charge in [0.05, 0.1) is 0 Å². The zero-order valence-corrected chi connectivity index (χ0v) is 7.86. The van der Waals surface area contributed by atoms with Crippen molar-refractivity contribution in [3.63, 3.8) is 0 Å². The van der Waals surface area contributed by atoms with Crippen molar-refractivity contribution >= 4 is 12.0 Å². The van der Waals surface area contributed by atoms with E-state index in [0.29, 0.717) is 6.08 Å². The summed E-state index contributed by atoms with van der Waals surface area (Å²) in [6.07, 6.45) is 1.68. The Morgan fingerprint density at radius 2 is 2.12 bits per heavy atom. The quantitative estimate of drug-likeness (QED) is 0.811. The Kier molecular flexibility index (Phi) is 3.93. The molecule has 1 rings (SSSR count). The highest BCUT2D eigenvalue weighted by molar-refractivity contribution is 5.85. The topological polar surface area (TPSA) is 46.5 Å². The van der Waals surface area contributed by atoms with Crippen LogP contribution in [-0.4, -0.2) is 17.7 Å². The zero-order chi connectivity index (χ0) is 12.1. The second-order valence-electron chi connectivity index (χ2n) is 2.73. The molecule has 16 heavy (non-hydrogen) atoms. The molecule has 0 aliphatic carbocycles. The monoisotopic (exact) mass is 232 g/mol. The van der Waals surface area contributed by atoms with E-state index >= 15 is 0 Å². The fourth-order valence-electron chi connectivity index (χ4n) is 1.01. The van der Waals surface area contributed by atoms with Crippen LogP contribution in [0, 0.1) is 5.82 Å². The first-order valence-electron chi connectivity index (χ1n) is 4.14. The lowest BCUT2D eigenvalue weighted by Crippen LogP contribution is -2.03. The summed E-state index contributed by atoms with van der Waals surface area (Å²) in [6, 6.07) is 2.84. The molecule has 0 saturated heterocycles. The van der Waals surface area contributed by atoms with Crippen molar-refractivity contribution in [3.05, 3.63) is 35.7 Å². The summed E-state index contributed by atoms with van der Waals surface area (Å²) in [4.78, 5) is 10.2. The summed E-state index contributed by atoms with van der Waals surface area (Å²) in [5.74, 6) is -2.23. The Balaban J connectivity index is 3.03. The average molecular weight is 232 g/mol. The molecule has 0 saturated carbocycles. The van der Waals surface area contributed by atoms with Gasteiger partial charge in [0.25, 0.3) is 0 Å². The van der Waals surface area contributed by atoms with Gasteiger partial charge in [0.15, 0.2) is 0 Å². The Morgan fingerprint density at radius 3 is 2.69 bits per heavy atom. The second kappa shape index (κ2) is 5.20. The highest BCUT2D eigenvalue weighted by Gasteiger charge is 2.09. The Morgan fingerprint density at radius 1 is 1.44 bits per heavy atom. The fourth-order valence-corrected chi connectivity index (χ4v) is 1.01. The molecule has 0 fully saturated rings. The van der Waals surface area contributed by atoms with E-state index in [1.807, 2.05) is 0 Å². The summed E-state index contributed by atoms with van der Waals surface area (Å²) in [6.45, 7) is -3.05. The van der Waals surface area contributed by atoms with E-state index < -0.39 is 18.4 Å². The molecule has 0 unspecified atom stereocenters. The summed E-state index contributed by atoms with van der Waals surface area (Å²) in [5, 5.41) is 8.35. The Bertz CT molecular complexity index is 416. The first-order chi connectivity index (χ1) is 7.49. The normalized spacial score (nSPS) is 11.0. The van der Waals surface area contributed by atoms with Crippen molar-refractivity contribution in [2.24, 2.45) is 0 Å². The summed E-state index contributed by atoms with van der Waals surface area (Å²) >= 11 is 0. The molecule has 0 radical (unpaired) electrons. The van der Waals surface area contributed by atoms with Gasteiger partial charge in [0.2, 0.25) is 0 Å². The minimum Gasteiger partial charge on any atom is -0.478 e. The molecule has 0 atom stereocenters. The number of rotatable bonds is 4. The molecule has 1 N–H and O–H groups in total. The van der Waals surface area contributed by atoms with Crippen molar-refractivity contribution in [2.75, 3.05) is 0 Å². The fraction of sp³-hybridized carbons (Fsp3) is 0.100. The van der Waals surface area contributed by atoms with Crippen LogP contribution in [0.15, 0.2) is 24.3 Å². The van der Waals surface area contributed by atoms with Gasteiger partial charge in [0, 0.05) is 11.6 Å². The SMILES string of the molecule is O=C(O)/C=C/c1cc(F)ccc1OC(F)F. The maximum Gasteiger partial charge on any atom is 0.387 e. The van der Waals surface area contributed by atoms with Gasteiger partial charge in [-0.2, -0.15) is 8.78 Å². The maximum atomic E-state index is 12.8. The molecule has 0 bridgehead atoms. The van der Waals surface area contributed by atoms with E-state index in [4.69, 9.17) is 5.11 Å². The number of carboxylic acid groups (broad SMARTS) is 1. The molecule has 1 aromatic rings. The smallest absolute Gasteiger partial charge is 0.387 e. The summed E-state index contributed by atoms with van der Waals surface area (Å²) < 4.78 is 40.8. The van der Waals surface area contributed by atoms with Crippen LogP contribution >= 0.6 is 0 Å². The predicted molar refractivity (Wildman–Crippen MR) is 49.7 cm³/mol. The van der Waals surface area contributed by atoms with Crippen molar-refractivity contribution in [1.82, 2.24) is 0 Å². The molecular formula is C10H7F3O3. The van der Waals surface area contributed by atoms with Crippen LogP contribution in [0.3, 0.4) is 0 Å². The Hall–Kier alpha value is -1.98. The number of alkyl halides is 2. The lowest BCUT2D eigenvalue weighted by molar-refractivity contribution is -0.131. The van der Waals surface area contributed by atoms with E-state index in [1.165, 1.54) is 0 Å². The first-order valence-corrected chi connectivity index (χ1v) is 4.14. The highest BCUT2D eigenvalue weighted by atomic mass is 19.3. The van der Waals surface area contributed by atoms with Crippen LogP contribution in [0.2, 0.25) is 0 Å². The van der Waals surface area contributed by atoms with Crippen LogP contribution < -0.4 is 4.74 Å².